The van der Waals surface area contributed by atoms with Gasteiger partial charge >= 0.3 is 6.16 Å². The van der Waals surface area contributed by atoms with Crippen molar-refractivity contribution in [2.24, 2.45) is 0 Å². The highest BCUT2D eigenvalue weighted by Gasteiger charge is 1.70. The third-order valence-corrected chi connectivity index (χ3v) is 0. The van der Waals surface area contributed by atoms with Gasteiger partial charge in [-0.05, 0) is 0 Å². The first-order valence-corrected chi connectivity index (χ1v) is 0.651. The van der Waals surface area contributed by atoms with Crippen molar-refractivity contribution in [1.29, 1.82) is 0 Å². The van der Waals surface area contributed by atoms with Gasteiger partial charge in [-0.15, -0.1) is 0 Å². The lowest BCUT2D eigenvalue weighted by molar-refractivity contribution is 0.137. The Labute approximate surface area is 30.1 Å². The fourth-order valence-electron chi connectivity index (χ4n) is 0. The Hall–Kier alpha value is -0.770. The van der Waals surface area contributed by atoms with E-state index >= 15 is 0 Å². The zero-order valence-electron chi connectivity index (χ0n) is 3.51. The van der Waals surface area contributed by atoms with Crippen molar-refractivity contribution >= 4 is 6.16 Å². The minimum atomic E-state index is -1.83. The Kier molecular flexibility index (Phi) is 5.73. The van der Waals surface area contributed by atoms with E-state index in [1.165, 1.54) is 0 Å². The lowest BCUT2D eigenvalue weighted by atomic mass is 11.5. The molecular formula is CH6NO3. The first-order chi connectivity index (χ1) is 1.73. The molecule has 4 nitrogen and oxygen atoms in total. The predicted molar refractivity (Wildman–Crippen MR) is 16.8 cm³/mol. The summed E-state index contributed by atoms with van der Waals surface area (Å²) >= 11 is 0. The third kappa shape index (κ3) is 8.24. The Bertz CT molecular complexity index is 33.8. The molecule has 0 rings (SSSR count). The monoisotopic (exact) mass is 80.0 g/mol. The molecule has 0 atom stereocenters. The SMILES string of the molecule is N.O=C(O)O.[H]. The molecule has 0 unspecified atom stereocenters. The molecule has 5 heavy (non-hydrogen) atoms. The zero-order chi connectivity index (χ0) is 3.58. The van der Waals surface area contributed by atoms with Gasteiger partial charge in [-0.25, -0.2) is 4.79 Å². The highest BCUT2D eigenvalue weighted by atomic mass is 16.6. The Balaban J connectivity index is -0.0000000450. The van der Waals surface area contributed by atoms with Gasteiger partial charge in [0.15, 0.2) is 0 Å². The summed E-state index contributed by atoms with van der Waals surface area (Å²) in [7, 11) is 0. The normalized spacial score (nSPS) is 4.80. The van der Waals surface area contributed by atoms with Gasteiger partial charge < -0.3 is 16.4 Å². The van der Waals surface area contributed by atoms with E-state index in [1.807, 2.05) is 0 Å². The molecule has 0 saturated carbocycles. The molecule has 0 spiro atoms. The molecule has 0 amide bonds. The lowest BCUT2D eigenvalue weighted by Crippen LogP contribution is -1.81. The summed E-state index contributed by atoms with van der Waals surface area (Å²) in [4.78, 5) is 8.56. The topological polar surface area (TPSA) is 92.5 Å². The second-order valence-corrected chi connectivity index (χ2v) is 0.283. The van der Waals surface area contributed by atoms with E-state index in [9.17, 15) is 0 Å². The van der Waals surface area contributed by atoms with Gasteiger partial charge in [0, 0.05) is 1.43 Å². The summed E-state index contributed by atoms with van der Waals surface area (Å²) in [5.74, 6) is 0. The quantitative estimate of drug-likeness (QED) is 0.395. The van der Waals surface area contributed by atoms with Crippen molar-refractivity contribution < 1.29 is 16.4 Å². The highest BCUT2D eigenvalue weighted by Crippen LogP contribution is 1.42. The summed E-state index contributed by atoms with van der Waals surface area (Å²) < 4.78 is 0. The highest BCUT2D eigenvalue weighted by molar-refractivity contribution is 5.53. The molecule has 0 heterocycles. The number of carboxylic acid groups (broad SMARTS) is 2. The smallest absolute Gasteiger partial charge is 0.450 e. The second kappa shape index (κ2) is 3.23. The third-order valence-electron chi connectivity index (χ3n) is 0. The molecule has 33 valence electrons. The van der Waals surface area contributed by atoms with Crippen LogP contribution >= 0.6 is 0 Å². The van der Waals surface area contributed by atoms with Crippen molar-refractivity contribution in [3.63, 3.8) is 0 Å². The first-order valence-electron chi connectivity index (χ1n) is 0.651. The molecule has 0 aliphatic rings. The molecular weight excluding hydrogens is 74.0 g/mol. The number of carbonyl (C=O) groups is 1. The van der Waals surface area contributed by atoms with Gasteiger partial charge in [0.25, 0.3) is 0 Å². The van der Waals surface area contributed by atoms with Crippen molar-refractivity contribution in [2.75, 3.05) is 0 Å². The Morgan fingerprint density at radius 1 is 1.60 bits per heavy atom. The Morgan fingerprint density at radius 2 is 1.60 bits per heavy atom. The number of hydrogen-bond donors (Lipinski definition) is 3. The molecule has 0 aromatic heterocycles. The molecule has 0 fully saturated rings. The van der Waals surface area contributed by atoms with Crippen molar-refractivity contribution in [3.05, 3.63) is 0 Å². The maximum atomic E-state index is 8.56. The summed E-state index contributed by atoms with van der Waals surface area (Å²) in [5, 5.41) is 13.9. The van der Waals surface area contributed by atoms with Crippen molar-refractivity contribution in [2.45, 2.75) is 0 Å². The summed E-state index contributed by atoms with van der Waals surface area (Å²) in [5.41, 5.74) is 0. The molecule has 0 aliphatic carbocycles. The molecule has 0 bridgehead atoms. The van der Waals surface area contributed by atoms with Gasteiger partial charge in [-0.2, -0.15) is 0 Å². The van der Waals surface area contributed by atoms with E-state index in [0.29, 0.717) is 0 Å². The van der Waals surface area contributed by atoms with Crippen molar-refractivity contribution in [1.82, 2.24) is 6.15 Å². The van der Waals surface area contributed by atoms with E-state index in [-0.39, 0.29) is 7.58 Å². The van der Waals surface area contributed by atoms with Gasteiger partial charge in [0.2, 0.25) is 0 Å². The summed E-state index contributed by atoms with van der Waals surface area (Å²) in [6.45, 7) is 0. The average molecular weight is 80.1 g/mol. The van der Waals surface area contributed by atoms with Crippen LogP contribution in [0.4, 0.5) is 4.79 Å². The van der Waals surface area contributed by atoms with Gasteiger partial charge in [-0.3, -0.25) is 0 Å². The van der Waals surface area contributed by atoms with Crippen LogP contribution in [0, 0.1) is 0 Å². The fraction of sp³-hybridized carbons (Fsp3) is 0. The lowest BCUT2D eigenvalue weighted by Gasteiger charge is -1.60. The standard InChI is InChI=1S/CH2O3.H3N.H/c2-1(3)4;;/h(H2,2,3,4);1H3;. The van der Waals surface area contributed by atoms with E-state index in [2.05, 4.69) is 0 Å². The summed E-state index contributed by atoms with van der Waals surface area (Å²) in [6.07, 6.45) is -1.83. The number of hydrogen-bond acceptors (Lipinski definition) is 2. The molecule has 1 radical (unpaired) electrons. The van der Waals surface area contributed by atoms with Crippen LogP contribution in [-0.2, 0) is 0 Å². The molecule has 0 aromatic carbocycles. The molecule has 4 heteroatoms. The fourth-order valence-corrected chi connectivity index (χ4v) is 0. The molecule has 5 N–H and O–H groups in total. The van der Waals surface area contributed by atoms with E-state index in [1.54, 1.807) is 0 Å². The van der Waals surface area contributed by atoms with Crippen molar-refractivity contribution in [3.8, 4) is 0 Å². The van der Waals surface area contributed by atoms with Crippen LogP contribution < -0.4 is 6.15 Å². The van der Waals surface area contributed by atoms with E-state index < -0.39 is 6.16 Å². The Morgan fingerprint density at radius 3 is 1.60 bits per heavy atom. The molecule has 0 aromatic rings. The minimum Gasteiger partial charge on any atom is -0.450 e. The zero-order valence-corrected chi connectivity index (χ0v) is 2.51. The molecule has 0 aliphatic heterocycles. The maximum absolute atomic E-state index is 8.56. The van der Waals surface area contributed by atoms with Crippen LogP contribution in [0.1, 0.15) is 1.43 Å². The van der Waals surface area contributed by atoms with Crippen LogP contribution in [0.25, 0.3) is 0 Å². The van der Waals surface area contributed by atoms with Crippen LogP contribution in [0.3, 0.4) is 0 Å². The minimum absolute atomic E-state index is 0. The van der Waals surface area contributed by atoms with Gasteiger partial charge in [0.05, 0.1) is 0 Å². The largest absolute Gasteiger partial charge is 0.503 e. The predicted octanol–water partition coefficient (Wildman–Crippen LogP) is 0.497. The van der Waals surface area contributed by atoms with E-state index in [0.717, 1.165) is 0 Å². The first kappa shape index (κ1) is 8.87. The van der Waals surface area contributed by atoms with Gasteiger partial charge in [-0.1, -0.05) is 0 Å². The number of rotatable bonds is 0. The molecule has 0 saturated heterocycles. The van der Waals surface area contributed by atoms with E-state index in [4.69, 9.17) is 15.0 Å². The van der Waals surface area contributed by atoms with Crippen LogP contribution in [-0.4, -0.2) is 16.4 Å². The maximum Gasteiger partial charge on any atom is 0.503 e. The summed E-state index contributed by atoms with van der Waals surface area (Å²) in [6, 6.07) is 0. The second-order valence-electron chi connectivity index (χ2n) is 0.283. The van der Waals surface area contributed by atoms with Crippen LogP contribution in [0.15, 0.2) is 0 Å². The van der Waals surface area contributed by atoms with Crippen LogP contribution in [0.2, 0.25) is 0 Å². The van der Waals surface area contributed by atoms with Crippen LogP contribution in [0.5, 0.6) is 0 Å². The average Bonchev–Trinajstić information content (AvgIpc) is 0.811. The van der Waals surface area contributed by atoms with Gasteiger partial charge in [0.1, 0.15) is 0 Å².